The number of carboxylic acids is 1. The maximum Gasteiger partial charge on any atom is 0.339 e. The molecule has 0 radical (unpaired) electrons. The van der Waals surface area contributed by atoms with Gasteiger partial charge in [-0.25, -0.2) is 4.79 Å². The van der Waals surface area contributed by atoms with Crippen molar-refractivity contribution in [1.82, 2.24) is 4.98 Å². The number of anilines is 2. The van der Waals surface area contributed by atoms with Gasteiger partial charge in [0.2, 0.25) is 0 Å². The maximum atomic E-state index is 11.2. The molecule has 1 aromatic carbocycles. The molecule has 108 valence electrons. The summed E-state index contributed by atoms with van der Waals surface area (Å²) >= 11 is 0. The number of nitrogens with one attached hydrogen (secondary N) is 1. The molecule has 6 heteroatoms. The van der Waals surface area contributed by atoms with Crippen LogP contribution in [0.25, 0.3) is 0 Å². The largest absolute Gasteiger partial charge is 0.490 e. The smallest absolute Gasteiger partial charge is 0.339 e. The van der Waals surface area contributed by atoms with Gasteiger partial charge in [0.25, 0.3) is 0 Å². The fraction of sp³-hybridized carbons (Fsp3) is 0.200. The van der Waals surface area contributed by atoms with Gasteiger partial charge in [-0.2, -0.15) is 0 Å². The average molecular weight is 286 g/mol. The molecule has 6 nitrogen and oxygen atoms in total. The molecule has 0 amide bonds. The van der Waals surface area contributed by atoms with Gasteiger partial charge in [-0.15, -0.1) is 0 Å². The molecule has 2 heterocycles. The maximum absolute atomic E-state index is 11.2. The van der Waals surface area contributed by atoms with E-state index in [0.717, 1.165) is 12.1 Å². The summed E-state index contributed by atoms with van der Waals surface area (Å²) in [6.07, 6.45) is 3.69. The highest BCUT2D eigenvalue weighted by molar-refractivity contribution is 5.94. The standard InChI is InChI=1S/C15H14N2O4/c18-15(19)11-9-16-5-4-12(11)17-10-2-3-13-14(8-10)21-7-1-6-20-13/h2-5,8-9H,1,6-7H2,(H,16,17)(H,18,19). The number of pyridine rings is 1. The quantitative estimate of drug-likeness (QED) is 0.903. The van der Waals surface area contributed by atoms with E-state index in [1.165, 1.54) is 12.4 Å². The van der Waals surface area contributed by atoms with E-state index in [1.54, 1.807) is 12.1 Å². The number of fused-ring (bicyclic) bond motifs is 1. The zero-order valence-electron chi connectivity index (χ0n) is 11.2. The van der Waals surface area contributed by atoms with Gasteiger partial charge < -0.3 is 19.9 Å². The van der Waals surface area contributed by atoms with Crippen LogP contribution >= 0.6 is 0 Å². The Balaban J connectivity index is 1.89. The predicted octanol–water partition coefficient (Wildman–Crippen LogP) is 2.68. The molecule has 0 saturated heterocycles. The summed E-state index contributed by atoms with van der Waals surface area (Å²) in [5.41, 5.74) is 1.32. The number of benzene rings is 1. The first kappa shape index (κ1) is 13.2. The molecule has 2 aromatic rings. The number of rotatable bonds is 3. The first-order valence-corrected chi connectivity index (χ1v) is 6.58. The van der Waals surface area contributed by atoms with Crippen LogP contribution in [-0.2, 0) is 0 Å². The van der Waals surface area contributed by atoms with Gasteiger partial charge in [-0.1, -0.05) is 0 Å². The van der Waals surface area contributed by atoms with E-state index in [-0.39, 0.29) is 5.56 Å². The molecule has 0 bridgehead atoms. The van der Waals surface area contributed by atoms with Crippen molar-refractivity contribution >= 4 is 17.3 Å². The van der Waals surface area contributed by atoms with Gasteiger partial charge >= 0.3 is 5.97 Å². The molecule has 0 aliphatic carbocycles. The van der Waals surface area contributed by atoms with Crippen molar-refractivity contribution in [1.29, 1.82) is 0 Å². The van der Waals surface area contributed by atoms with Crippen LogP contribution < -0.4 is 14.8 Å². The summed E-state index contributed by atoms with van der Waals surface area (Å²) in [5.74, 6) is 0.328. The molecule has 1 aliphatic rings. The van der Waals surface area contributed by atoms with Crippen LogP contribution in [0, 0.1) is 0 Å². The zero-order chi connectivity index (χ0) is 14.7. The van der Waals surface area contributed by atoms with E-state index in [2.05, 4.69) is 10.3 Å². The second-order valence-corrected chi connectivity index (χ2v) is 4.56. The van der Waals surface area contributed by atoms with E-state index < -0.39 is 5.97 Å². The highest BCUT2D eigenvalue weighted by atomic mass is 16.5. The van der Waals surface area contributed by atoms with Crippen molar-refractivity contribution in [3.8, 4) is 11.5 Å². The predicted molar refractivity (Wildman–Crippen MR) is 76.5 cm³/mol. The van der Waals surface area contributed by atoms with Crippen LogP contribution in [0.4, 0.5) is 11.4 Å². The lowest BCUT2D eigenvalue weighted by molar-refractivity contribution is 0.0697. The third-order valence-corrected chi connectivity index (χ3v) is 3.08. The summed E-state index contributed by atoms with van der Waals surface area (Å²) < 4.78 is 11.2. The Hall–Kier alpha value is -2.76. The van der Waals surface area contributed by atoms with E-state index in [1.807, 2.05) is 12.1 Å². The van der Waals surface area contributed by atoms with E-state index in [9.17, 15) is 4.79 Å². The molecule has 0 saturated carbocycles. The Morgan fingerprint density at radius 2 is 2.00 bits per heavy atom. The lowest BCUT2D eigenvalue weighted by Gasteiger charge is -2.12. The van der Waals surface area contributed by atoms with Crippen LogP contribution in [-0.4, -0.2) is 29.3 Å². The summed E-state index contributed by atoms with van der Waals surface area (Å²) in [6, 6.07) is 7.05. The molecule has 21 heavy (non-hydrogen) atoms. The third-order valence-electron chi connectivity index (χ3n) is 3.08. The molecule has 0 fully saturated rings. The molecule has 2 N–H and O–H groups in total. The first-order valence-electron chi connectivity index (χ1n) is 6.58. The summed E-state index contributed by atoms with van der Waals surface area (Å²) in [6.45, 7) is 1.24. The van der Waals surface area contributed by atoms with E-state index in [4.69, 9.17) is 14.6 Å². The number of ether oxygens (including phenoxy) is 2. The molecule has 0 atom stereocenters. The van der Waals surface area contributed by atoms with Gasteiger partial charge in [0.05, 0.1) is 18.9 Å². The second-order valence-electron chi connectivity index (χ2n) is 4.56. The van der Waals surface area contributed by atoms with Crippen LogP contribution in [0.1, 0.15) is 16.8 Å². The number of hydrogen-bond donors (Lipinski definition) is 2. The number of aromatic carboxylic acids is 1. The minimum Gasteiger partial charge on any atom is -0.490 e. The average Bonchev–Trinajstić information content (AvgIpc) is 2.72. The summed E-state index contributed by atoms with van der Waals surface area (Å²) in [5, 5.41) is 12.2. The topological polar surface area (TPSA) is 80.7 Å². The van der Waals surface area contributed by atoms with E-state index in [0.29, 0.717) is 30.4 Å². The van der Waals surface area contributed by atoms with Gasteiger partial charge in [-0.05, 0) is 18.2 Å². The normalized spacial score (nSPS) is 13.3. The fourth-order valence-electron chi connectivity index (χ4n) is 2.07. The molecular formula is C15H14N2O4. The molecular weight excluding hydrogens is 272 g/mol. The number of carbonyl (C=O) groups is 1. The van der Waals surface area contributed by atoms with Crippen molar-refractivity contribution in [2.24, 2.45) is 0 Å². The Bertz CT molecular complexity index is 672. The highest BCUT2D eigenvalue weighted by Gasteiger charge is 2.13. The Morgan fingerprint density at radius 3 is 2.81 bits per heavy atom. The third kappa shape index (κ3) is 2.89. The molecule has 0 unspecified atom stereocenters. The summed E-state index contributed by atoms with van der Waals surface area (Å²) in [7, 11) is 0. The number of aromatic nitrogens is 1. The lowest BCUT2D eigenvalue weighted by Crippen LogP contribution is -2.03. The van der Waals surface area contributed by atoms with Crippen LogP contribution in [0.2, 0.25) is 0 Å². The van der Waals surface area contributed by atoms with Crippen LogP contribution in [0.15, 0.2) is 36.7 Å². The van der Waals surface area contributed by atoms with Crippen molar-refractivity contribution in [3.05, 3.63) is 42.2 Å². The number of hydrogen-bond acceptors (Lipinski definition) is 5. The van der Waals surface area contributed by atoms with Crippen molar-refractivity contribution in [2.45, 2.75) is 6.42 Å². The number of nitrogens with zero attached hydrogens (tertiary/aromatic N) is 1. The van der Waals surface area contributed by atoms with Crippen molar-refractivity contribution in [2.75, 3.05) is 18.5 Å². The Labute approximate surface area is 121 Å². The van der Waals surface area contributed by atoms with Gasteiger partial charge in [0.1, 0.15) is 5.56 Å². The van der Waals surface area contributed by atoms with E-state index >= 15 is 0 Å². The lowest BCUT2D eigenvalue weighted by atomic mass is 10.2. The molecule has 1 aromatic heterocycles. The van der Waals surface area contributed by atoms with Gasteiger partial charge in [0.15, 0.2) is 11.5 Å². The SMILES string of the molecule is O=C(O)c1cnccc1Nc1ccc2c(c1)OCCCO2. The van der Waals surface area contributed by atoms with Crippen molar-refractivity contribution < 1.29 is 19.4 Å². The fourth-order valence-corrected chi connectivity index (χ4v) is 2.07. The second kappa shape index (κ2) is 5.70. The Morgan fingerprint density at radius 1 is 1.19 bits per heavy atom. The zero-order valence-corrected chi connectivity index (χ0v) is 11.2. The summed E-state index contributed by atoms with van der Waals surface area (Å²) in [4.78, 5) is 15.0. The molecule has 0 spiro atoms. The van der Waals surface area contributed by atoms with Crippen molar-refractivity contribution in [3.63, 3.8) is 0 Å². The van der Waals surface area contributed by atoms with Gasteiger partial charge in [0, 0.05) is 30.6 Å². The first-order chi connectivity index (χ1) is 10.2. The minimum atomic E-state index is -1.03. The van der Waals surface area contributed by atoms with Gasteiger partial charge in [-0.3, -0.25) is 4.98 Å². The minimum absolute atomic E-state index is 0.115. The molecule has 1 aliphatic heterocycles. The van der Waals surface area contributed by atoms with Crippen LogP contribution in [0.3, 0.4) is 0 Å². The monoisotopic (exact) mass is 286 g/mol. The molecule has 3 rings (SSSR count). The Kier molecular flexibility index (Phi) is 3.59. The number of carboxylic acid groups (broad SMARTS) is 1. The van der Waals surface area contributed by atoms with Crippen LogP contribution in [0.5, 0.6) is 11.5 Å². The highest BCUT2D eigenvalue weighted by Crippen LogP contribution is 2.33.